The normalized spacial score (nSPS) is 13.1. The Balaban J connectivity index is 1.32. The lowest BCUT2D eigenvalue weighted by Gasteiger charge is -2.17. The molecule has 2 heterocycles. The number of nitrogens with one attached hydrogen (secondary N) is 1. The van der Waals surface area contributed by atoms with Crippen molar-refractivity contribution in [1.29, 1.82) is 0 Å². The molecule has 6 nitrogen and oxygen atoms in total. The summed E-state index contributed by atoms with van der Waals surface area (Å²) in [5, 5.41) is 12.1. The van der Waals surface area contributed by atoms with E-state index in [1.165, 1.54) is 11.8 Å². The minimum Gasteiger partial charge on any atom is -0.484 e. The number of hydrogen-bond donors (Lipinski definition) is 1. The predicted molar refractivity (Wildman–Crippen MR) is 103 cm³/mol. The summed E-state index contributed by atoms with van der Waals surface area (Å²) in [6.45, 7) is 0.194. The van der Waals surface area contributed by atoms with Crippen LogP contribution in [0.15, 0.2) is 52.1 Å². The zero-order valence-corrected chi connectivity index (χ0v) is 15.8. The summed E-state index contributed by atoms with van der Waals surface area (Å²) >= 11 is 7.34. The highest BCUT2D eigenvalue weighted by molar-refractivity contribution is 7.98. The van der Waals surface area contributed by atoms with Crippen molar-refractivity contribution in [1.82, 2.24) is 10.2 Å². The second-order valence-corrected chi connectivity index (χ2v) is 7.40. The molecule has 0 unspecified atom stereocenters. The van der Waals surface area contributed by atoms with Crippen molar-refractivity contribution < 1.29 is 13.9 Å². The second-order valence-electron chi connectivity index (χ2n) is 6.03. The molecule has 0 saturated heterocycles. The topological polar surface area (TPSA) is 77.2 Å². The molecule has 0 aliphatic carbocycles. The van der Waals surface area contributed by atoms with Crippen molar-refractivity contribution >= 4 is 35.0 Å². The zero-order chi connectivity index (χ0) is 18.6. The smallest absolute Gasteiger partial charge is 0.277 e. The number of thioether (sulfide) groups is 1. The average molecular weight is 402 g/mol. The van der Waals surface area contributed by atoms with Crippen LogP contribution in [-0.2, 0) is 23.6 Å². The third-order valence-corrected chi connectivity index (χ3v) is 5.20. The Morgan fingerprint density at radius 3 is 2.85 bits per heavy atom. The number of fused-ring (bicyclic) bond motifs is 1. The van der Waals surface area contributed by atoms with Gasteiger partial charge in [0.15, 0.2) is 6.61 Å². The van der Waals surface area contributed by atoms with Crippen LogP contribution < -0.4 is 10.1 Å². The van der Waals surface area contributed by atoms with E-state index >= 15 is 0 Å². The molecule has 3 aromatic rings. The molecule has 1 aliphatic heterocycles. The lowest BCUT2D eigenvalue weighted by molar-refractivity contribution is -0.116. The Hall–Kier alpha value is -2.51. The molecule has 1 amide bonds. The van der Waals surface area contributed by atoms with Crippen LogP contribution in [0.4, 0.5) is 5.69 Å². The van der Waals surface area contributed by atoms with E-state index in [4.69, 9.17) is 20.8 Å². The van der Waals surface area contributed by atoms with Gasteiger partial charge in [0.2, 0.25) is 5.91 Å². The zero-order valence-electron chi connectivity index (χ0n) is 14.3. The largest absolute Gasteiger partial charge is 0.484 e. The number of amides is 1. The van der Waals surface area contributed by atoms with Gasteiger partial charge in [0.1, 0.15) is 5.75 Å². The fourth-order valence-corrected chi connectivity index (χ4v) is 3.54. The van der Waals surface area contributed by atoms with Gasteiger partial charge in [0.05, 0.1) is 0 Å². The molecule has 1 aromatic heterocycles. The number of aromatic nitrogens is 2. The van der Waals surface area contributed by atoms with Gasteiger partial charge < -0.3 is 14.5 Å². The van der Waals surface area contributed by atoms with Gasteiger partial charge in [0, 0.05) is 22.9 Å². The van der Waals surface area contributed by atoms with E-state index in [1.54, 1.807) is 0 Å². The SMILES string of the molecule is O=C1CCc2cc(OCc3nnc(SCc4ccc(Cl)cc4)o3)ccc2N1. The molecular formula is C19H16ClN3O3S. The number of carbonyl (C=O) groups excluding carboxylic acids is 1. The van der Waals surface area contributed by atoms with Gasteiger partial charge in [-0.3, -0.25) is 4.79 Å². The van der Waals surface area contributed by atoms with E-state index in [2.05, 4.69) is 15.5 Å². The highest BCUT2D eigenvalue weighted by Gasteiger charge is 2.15. The first-order valence-corrected chi connectivity index (χ1v) is 9.77. The molecule has 0 radical (unpaired) electrons. The molecule has 0 spiro atoms. The van der Waals surface area contributed by atoms with E-state index in [-0.39, 0.29) is 12.5 Å². The lowest BCUT2D eigenvalue weighted by atomic mass is 10.0. The minimum atomic E-state index is 0.0469. The van der Waals surface area contributed by atoms with Crippen molar-refractivity contribution in [3.63, 3.8) is 0 Å². The Kier molecular flexibility index (Phi) is 5.31. The number of carbonyl (C=O) groups is 1. The number of halogens is 1. The molecule has 1 N–H and O–H groups in total. The molecule has 0 bridgehead atoms. The van der Waals surface area contributed by atoms with Crippen LogP contribution in [0.25, 0.3) is 0 Å². The first-order chi connectivity index (χ1) is 13.2. The number of hydrogen-bond acceptors (Lipinski definition) is 6. The Morgan fingerprint density at radius 2 is 2.00 bits per heavy atom. The van der Waals surface area contributed by atoms with Crippen LogP contribution >= 0.6 is 23.4 Å². The highest BCUT2D eigenvalue weighted by Crippen LogP contribution is 2.27. The summed E-state index contributed by atoms with van der Waals surface area (Å²) in [4.78, 5) is 11.4. The average Bonchev–Trinajstić information content (AvgIpc) is 3.14. The Bertz CT molecular complexity index is 959. The van der Waals surface area contributed by atoms with Crippen LogP contribution in [0.2, 0.25) is 5.02 Å². The fourth-order valence-electron chi connectivity index (χ4n) is 2.68. The van der Waals surface area contributed by atoms with Crippen LogP contribution in [-0.4, -0.2) is 16.1 Å². The number of rotatable bonds is 6. The van der Waals surface area contributed by atoms with Gasteiger partial charge >= 0.3 is 0 Å². The van der Waals surface area contributed by atoms with Crippen molar-refractivity contribution in [2.24, 2.45) is 0 Å². The maximum atomic E-state index is 11.4. The standard InChI is InChI=1S/C19H16ClN3O3S/c20-14-4-1-12(2-5-14)11-27-19-23-22-18(26-19)10-25-15-6-7-16-13(9-15)3-8-17(24)21-16/h1-2,4-7,9H,3,8,10-11H2,(H,21,24). The van der Waals surface area contributed by atoms with E-state index in [1.807, 2.05) is 42.5 Å². The van der Waals surface area contributed by atoms with Gasteiger partial charge in [-0.25, -0.2) is 0 Å². The molecule has 4 rings (SSSR count). The summed E-state index contributed by atoms with van der Waals surface area (Å²) in [6.07, 6.45) is 1.21. The molecule has 138 valence electrons. The summed E-state index contributed by atoms with van der Waals surface area (Å²) in [5.74, 6) is 1.89. The maximum absolute atomic E-state index is 11.4. The van der Waals surface area contributed by atoms with E-state index in [0.29, 0.717) is 34.7 Å². The Labute approximate surface area is 165 Å². The van der Waals surface area contributed by atoms with Crippen LogP contribution in [0.5, 0.6) is 5.75 Å². The van der Waals surface area contributed by atoms with Crippen LogP contribution in [0.1, 0.15) is 23.4 Å². The predicted octanol–water partition coefficient (Wildman–Crippen LogP) is 4.48. The molecule has 0 saturated carbocycles. The number of benzene rings is 2. The third-order valence-electron chi connectivity index (χ3n) is 4.06. The number of nitrogens with zero attached hydrogens (tertiary/aromatic N) is 2. The van der Waals surface area contributed by atoms with Gasteiger partial charge in [-0.2, -0.15) is 0 Å². The minimum absolute atomic E-state index is 0.0469. The number of ether oxygens (including phenoxy) is 1. The molecule has 1 aliphatic rings. The molecule has 0 atom stereocenters. The van der Waals surface area contributed by atoms with Gasteiger partial charge in [-0.15, -0.1) is 10.2 Å². The number of anilines is 1. The van der Waals surface area contributed by atoms with Crippen LogP contribution in [0.3, 0.4) is 0 Å². The number of aryl methyl sites for hydroxylation is 1. The van der Waals surface area contributed by atoms with Gasteiger partial charge in [-0.1, -0.05) is 35.5 Å². The van der Waals surface area contributed by atoms with Crippen molar-refractivity contribution in [3.8, 4) is 5.75 Å². The van der Waals surface area contributed by atoms with E-state index in [0.717, 1.165) is 22.6 Å². The molecule has 0 fully saturated rings. The van der Waals surface area contributed by atoms with Gasteiger partial charge in [0.25, 0.3) is 11.1 Å². The lowest BCUT2D eigenvalue weighted by Crippen LogP contribution is -2.18. The molecule has 2 aromatic carbocycles. The fraction of sp³-hybridized carbons (Fsp3) is 0.211. The summed E-state index contributed by atoms with van der Waals surface area (Å²) in [7, 11) is 0. The van der Waals surface area contributed by atoms with Crippen molar-refractivity contribution in [3.05, 3.63) is 64.5 Å². The monoisotopic (exact) mass is 401 g/mol. The summed E-state index contributed by atoms with van der Waals surface area (Å²) in [6, 6.07) is 13.2. The van der Waals surface area contributed by atoms with Gasteiger partial charge in [-0.05, 0) is 47.9 Å². The van der Waals surface area contributed by atoms with Crippen molar-refractivity contribution in [2.75, 3.05) is 5.32 Å². The molecule has 8 heteroatoms. The molecule has 27 heavy (non-hydrogen) atoms. The first kappa shape index (κ1) is 17.9. The second kappa shape index (κ2) is 8.02. The van der Waals surface area contributed by atoms with E-state index < -0.39 is 0 Å². The Morgan fingerprint density at radius 1 is 1.15 bits per heavy atom. The maximum Gasteiger partial charge on any atom is 0.277 e. The summed E-state index contributed by atoms with van der Waals surface area (Å²) in [5.41, 5.74) is 3.04. The van der Waals surface area contributed by atoms with Crippen molar-refractivity contribution in [2.45, 2.75) is 30.4 Å². The molecular weight excluding hydrogens is 386 g/mol. The summed E-state index contributed by atoms with van der Waals surface area (Å²) < 4.78 is 11.4. The first-order valence-electron chi connectivity index (χ1n) is 8.41. The quantitative estimate of drug-likeness (QED) is 0.613. The highest BCUT2D eigenvalue weighted by atomic mass is 35.5. The third kappa shape index (κ3) is 4.61. The van der Waals surface area contributed by atoms with Crippen LogP contribution in [0, 0.1) is 0 Å². The van der Waals surface area contributed by atoms with E-state index in [9.17, 15) is 4.79 Å².